The first-order chi connectivity index (χ1) is 8.31. The number of halogens is 1. The Hall–Kier alpha value is -0.930. The van der Waals surface area contributed by atoms with Crippen molar-refractivity contribution >= 4 is 0 Å². The second-order valence-corrected chi connectivity index (χ2v) is 5.20. The van der Waals surface area contributed by atoms with Crippen LogP contribution in [0.25, 0.3) is 0 Å². The fourth-order valence-corrected chi connectivity index (χ4v) is 3.08. The average molecular weight is 235 g/mol. The van der Waals surface area contributed by atoms with E-state index in [9.17, 15) is 4.39 Å². The summed E-state index contributed by atoms with van der Waals surface area (Å²) in [4.78, 5) is 0. The Kier molecular flexibility index (Phi) is 2.89. The highest BCUT2D eigenvalue weighted by molar-refractivity contribution is 5.30. The van der Waals surface area contributed by atoms with Gasteiger partial charge in [0.15, 0.2) is 0 Å². The van der Waals surface area contributed by atoms with E-state index in [0.29, 0.717) is 5.92 Å². The van der Waals surface area contributed by atoms with Gasteiger partial charge in [-0.2, -0.15) is 0 Å². The SMILES string of the molecule is Fc1cccc(C2(C3CCCNC3)COC2)c1. The summed E-state index contributed by atoms with van der Waals surface area (Å²) in [5.74, 6) is 0.435. The Balaban J connectivity index is 1.90. The molecule has 2 fully saturated rings. The largest absolute Gasteiger partial charge is 0.379 e. The maximum Gasteiger partial charge on any atom is 0.123 e. The molecule has 92 valence electrons. The van der Waals surface area contributed by atoms with E-state index in [1.807, 2.05) is 6.07 Å². The monoisotopic (exact) mass is 235 g/mol. The highest BCUT2D eigenvalue weighted by atomic mass is 19.1. The van der Waals surface area contributed by atoms with E-state index < -0.39 is 0 Å². The van der Waals surface area contributed by atoms with E-state index in [2.05, 4.69) is 5.32 Å². The third-order valence-electron chi connectivity index (χ3n) is 4.20. The molecule has 2 nitrogen and oxygen atoms in total. The van der Waals surface area contributed by atoms with Crippen LogP contribution in [0.1, 0.15) is 18.4 Å². The van der Waals surface area contributed by atoms with Crippen LogP contribution in [0.4, 0.5) is 4.39 Å². The molecule has 3 rings (SSSR count). The zero-order valence-corrected chi connectivity index (χ0v) is 9.92. The quantitative estimate of drug-likeness (QED) is 0.847. The topological polar surface area (TPSA) is 21.3 Å². The molecule has 2 heterocycles. The molecule has 1 N–H and O–H groups in total. The van der Waals surface area contributed by atoms with Crippen LogP contribution in [0.15, 0.2) is 24.3 Å². The molecule has 3 heteroatoms. The molecule has 1 unspecified atom stereocenters. The lowest BCUT2D eigenvalue weighted by Gasteiger charge is -2.49. The predicted molar refractivity (Wildman–Crippen MR) is 64.5 cm³/mol. The summed E-state index contributed by atoms with van der Waals surface area (Å²) in [6.45, 7) is 3.61. The van der Waals surface area contributed by atoms with E-state index >= 15 is 0 Å². The van der Waals surface area contributed by atoms with Crippen LogP contribution in [0.2, 0.25) is 0 Å². The third kappa shape index (κ3) is 1.87. The summed E-state index contributed by atoms with van der Waals surface area (Å²) in [6.07, 6.45) is 2.43. The molecule has 1 atom stereocenters. The molecule has 2 saturated heterocycles. The van der Waals surface area contributed by atoms with Crippen molar-refractivity contribution in [2.45, 2.75) is 18.3 Å². The van der Waals surface area contributed by atoms with Gasteiger partial charge in [-0.15, -0.1) is 0 Å². The van der Waals surface area contributed by atoms with Gasteiger partial charge < -0.3 is 10.1 Å². The highest BCUT2D eigenvalue weighted by Gasteiger charge is 2.47. The molecule has 0 aliphatic carbocycles. The van der Waals surface area contributed by atoms with Gasteiger partial charge >= 0.3 is 0 Å². The van der Waals surface area contributed by atoms with Gasteiger partial charge in [0.2, 0.25) is 0 Å². The van der Waals surface area contributed by atoms with Gasteiger partial charge in [-0.05, 0) is 49.5 Å². The van der Waals surface area contributed by atoms with Gasteiger partial charge in [0.1, 0.15) is 5.82 Å². The van der Waals surface area contributed by atoms with Crippen LogP contribution in [0.5, 0.6) is 0 Å². The lowest BCUT2D eigenvalue weighted by atomic mass is 9.66. The Morgan fingerprint density at radius 3 is 2.82 bits per heavy atom. The lowest BCUT2D eigenvalue weighted by molar-refractivity contribution is -0.0948. The summed E-state index contributed by atoms with van der Waals surface area (Å²) >= 11 is 0. The van der Waals surface area contributed by atoms with Crippen LogP contribution in [-0.4, -0.2) is 26.3 Å². The summed E-state index contributed by atoms with van der Waals surface area (Å²) in [5, 5.41) is 3.44. The second kappa shape index (κ2) is 4.39. The van der Waals surface area contributed by atoms with Crippen molar-refractivity contribution in [3.05, 3.63) is 35.6 Å². The fourth-order valence-electron chi connectivity index (χ4n) is 3.08. The summed E-state index contributed by atoms with van der Waals surface area (Å²) in [5.41, 5.74) is 1.16. The minimum Gasteiger partial charge on any atom is -0.379 e. The van der Waals surface area contributed by atoms with Gasteiger partial charge in [0, 0.05) is 5.41 Å². The molecular formula is C14H18FNO. The molecule has 2 aliphatic rings. The second-order valence-electron chi connectivity index (χ2n) is 5.20. The van der Waals surface area contributed by atoms with Gasteiger partial charge in [0.25, 0.3) is 0 Å². The van der Waals surface area contributed by atoms with Gasteiger partial charge in [-0.1, -0.05) is 12.1 Å². The van der Waals surface area contributed by atoms with E-state index in [1.54, 1.807) is 12.1 Å². The smallest absolute Gasteiger partial charge is 0.123 e. The zero-order valence-electron chi connectivity index (χ0n) is 9.92. The first kappa shape index (κ1) is 11.2. The minimum atomic E-state index is -0.141. The normalized spacial score (nSPS) is 27.5. The molecule has 0 radical (unpaired) electrons. The number of rotatable bonds is 2. The van der Waals surface area contributed by atoms with Crippen LogP contribution in [0, 0.1) is 11.7 Å². The average Bonchev–Trinajstić information content (AvgIpc) is 2.29. The summed E-state index contributed by atoms with van der Waals surface area (Å²) in [7, 11) is 0. The molecule has 0 amide bonds. The number of hydrogen-bond acceptors (Lipinski definition) is 2. The molecule has 0 saturated carbocycles. The Morgan fingerprint density at radius 2 is 2.24 bits per heavy atom. The molecule has 17 heavy (non-hydrogen) atoms. The van der Waals surface area contributed by atoms with Crippen molar-refractivity contribution < 1.29 is 9.13 Å². The predicted octanol–water partition coefficient (Wildman–Crippen LogP) is 2.09. The third-order valence-corrected chi connectivity index (χ3v) is 4.20. The van der Waals surface area contributed by atoms with Gasteiger partial charge in [-0.25, -0.2) is 4.39 Å². The van der Waals surface area contributed by atoms with E-state index in [-0.39, 0.29) is 11.2 Å². The first-order valence-corrected chi connectivity index (χ1v) is 6.36. The van der Waals surface area contributed by atoms with Crippen molar-refractivity contribution in [3.63, 3.8) is 0 Å². The van der Waals surface area contributed by atoms with Crippen LogP contribution < -0.4 is 5.32 Å². The Morgan fingerprint density at radius 1 is 1.35 bits per heavy atom. The number of piperidine rings is 1. The molecule has 0 bridgehead atoms. The summed E-state index contributed by atoms with van der Waals surface area (Å²) in [6, 6.07) is 7.04. The summed E-state index contributed by atoms with van der Waals surface area (Å²) < 4.78 is 18.8. The van der Waals surface area contributed by atoms with Crippen molar-refractivity contribution in [1.29, 1.82) is 0 Å². The lowest BCUT2D eigenvalue weighted by Crippen LogP contribution is -2.56. The van der Waals surface area contributed by atoms with E-state index in [4.69, 9.17) is 4.74 Å². The molecule has 0 spiro atoms. The maximum atomic E-state index is 13.4. The Labute approximate surface area is 101 Å². The van der Waals surface area contributed by atoms with Crippen LogP contribution in [0.3, 0.4) is 0 Å². The molecule has 0 aromatic heterocycles. The van der Waals surface area contributed by atoms with Crippen molar-refractivity contribution in [1.82, 2.24) is 5.32 Å². The van der Waals surface area contributed by atoms with Crippen molar-refractivity contribution in [2.75, 3.05) is 26.3 Å². The molecular weight excluding hydrogens is 217 g/mol. The fraction of sp³-hybridized carbons (Fsp3) is 0.571. The van der Waals surface area contributed by atoms with Gasteiger partial charge in [-0.3, -0.25) is 0 Å². The van der Waals surface area contributed by atoms with Gasteiger partial charge in [0.05, 0.1) is 13.2 Å². The zero-order chi connectivity index (χ0) is 11.7. The van der Waals surface area contributed by atoms with E-state index in [1.165, 1.54) is 18.9 Å². The van der Waals surface area contributed by atoms with Crippen molar-refractivity contribution in [2.24, 2.45) is 5.92 Å². The molecule has 1 aromatic carbocycles. The van der Waals surface area contributed by atoms with Crippen LogP contribution >= 0.6 is 0 Å². The highest BCUT2D eigenvalue weighted by Crippen LogP contribution is 2.42. The standard InChI is InChI=1S/C14H18FNO/c15-13-5-1-3-11(7-13)14(9-17-10-14)12-4-2-6-16-8-12/h1,3,5,7,12,16H,2,4,6,8-10H2. The number of benzene rings is 1. The molecule has 1 aromatic rings. The van der Waals surface area contributed by atoms with Crippen LogP contribution in [-0.2, 0) is 10.2 Å². The number of nitrogens with one attached hydrogen (secondary N) is 1. The van der Waals surface area contributed by atoms with Crippen molar-refractivity contribution in [3.8, 4) is 0 Å². The van der Waals surface area contributed by atoms with E-state index in [0.717, 1.165) is 31.9 Å². The number of ether oxygens (including phenoxy) is 1. The Bertz CT molecular complexity index is 397. The maximum absolute atomic E-state index is 13.4. The molecule has 2 aliphatic heterocycles. The number of hydrogen-bond donors (Lipinski definition) is 1. The minimum absolute atomic E-state index is 0.0511. The first-order valence-electron chi connectivity index (χ1n) is 6.36.